The predicted octanol–water partition coefficient (Wildman–Crippen LogP) is 3.64. The van der Waals surface area contributed by atoms with E-state index in [-0.39, 0.29) is 5.91 Å². The number of halogens is 1. The van der Waals surface area contributed by atoms with E-state index in [9.17, 15) is 4.79 Å². The third-order valence-corrected chi connectivity index (χ3v) is 4.45. The first-order valence-electron chi connectivity index (χ1n) is 8.95. The SMILES string of the molecule is CCNC(=NCc1ccc(C(=O)N(C)C)cc1)N(C)Cc1ccccc1Cl. The Labute approximate surface area is 166 Å². The van der Waals surface area contributed by atoms with Crippen molar-refractivity contribution in [1.29, 1.82) is 0 Å². The van der Waals surface area contributed by atoms with Crippen LogP contribution in [0.4, 0.5) is 0 Å². The predicted molar refractivity (Wildman–Crippen MR) is 112 cm³/mol. The first-order chi connectivity index (χ1) is 12.9. The molecule has 2 aromatic rings. The van der Waals surface area contributed by atoms with Crippen LogP contribution in [0.3, 0.4) is 0 Å². The van der Waals surface area contributed by atoms with Gasteiger partial charge in [-0.2, -0.15) is 0 Å². The molecule has 0 saturated heterocycles. The van der Waals surface area contributed by atoms with Crippen LogP contribution in [0.2, 0.25) is 5.02 Å². The van der Waals surface area contributed by atoms with E-state index in [1.807, 2.05) is 62.5 Å². The molecule has 0 aromatic heterocycles. The average Bonchev–Trinajstić information content (AvgIpc) is 2.66. The van der Waals surface area contributed by atoms with Gasteiger partial charge in [-0.15, -0.1) is 0 Å². The first kappa shape index (κ1) is 20.8. The second-order valence-electron chi connectivity index (χ2n) is 6.51. The van der Waals surface area contributed by atoms with Crippen LogP contribution in [0, 0.1) is 0 Å². The summed E-state index contributed by atoms with van der Waals surface area (Å²) in [5.41, 5.74) is 2.78. The van der Waals surface area contributed by atoms with Crippen molar-refractivity contribution in [3.63, 3.8) is 0 Å². The minimum Gasteiger partial charge on any atom is -0.357 e. The highest BCUT2D eigenvalue weighted by molar-refractivity contribution is 6.31. The number of guanidine groups is 1. The maximum Gasteiger partial charge on any atom is 0.253 e. The number of carbonyl (C=O) groups is 1. The molecule has 27 heavy (non-hydrogen) atoms. The number of amides is 1. The van der Waals surface area contributed by atoms with Crippen LogP contribution < -0.4 is 5.32 Å². The number of benzene rings is 2. The topological polar surface area (TPSA) is 47.9 Å². The molecule has 144 valence electrons. The van der Waals surface area contributed by atoms with Crippen LogP contribution in [0.25, 0.3) is 0 Å². The van der Waals surface area contributed by atoms with E-state index in [0.717, 1.165) is 28.7 Å². The molecule has 0 aliphatic rings. The van der Waals surface area contributed by atoms with Gasteiger partial charge in [0.2, 0.25) is 0 Å². The van der Waals surface area contributed by atoms with Crippen molar-refractivity contribution >= 4 is 23.5 Å². The van der Waals surface area contributed by atoms with Gasteiger partial charge >= 0.3 is 0 Å². The zero-order chi connectivity index (χ0) is 19.8. The quantitative estimate of drug-likeness (QED) is 0.609. The highest BCUT2D eigenvalue weighted by Crippen LogP contribution is 2.16. The van der Waals surface area contributed by atoms with Crippen molar-refractivity contribution in [1.82, 2.24) is 15.1 Å². The minimum atomic E-state index is -0.00198. The molecule has 2 aromatic carbocycles. The van der Waals surface area contributed by atoms with Gasteiger partial charge in [0.1, 0.15) is 0 Å². The Balaban J connectivity index is 2.08. The summed E-state index contributed by atoms with van der Waals surface area (Å²) >= 11 is 6.27. The lowest BCUT2D eigenvalue weighted by Crippen LogP contribution is -2.38. The van der Waals surface area contributed by atoms with Gasteiger partial charge in [0.05, 0.1) is 6.54 Å². The molecular weight excluding hydrogens is 360 g/mol. The third-order valence-electron chi connectivity index (χ3n) is 4.08. The van der Waals surface area contributed by atoms with Crippen LogP contribution in [-0.2, 0) is 13.1 Å². The fourth-order valence-electron chi connectivity index (χ4n) is 2.60. The van der Waals surface area contributed by atoms with Gasteiger partial charge in [-0.05, 0) is 36.2 Å². The maximum atomic E-state index is 12.0. The summed E-state index contributed by atoms with van der Waals surface area (Å²) in [5.74, 6) is 0.809. The van der Waals surface area contributed by atoms with Gasteiger partial charge in [-0.25, -0.2) is 4.99 Å². The van der Waals surface area contributed by atoms with Crippen LogP contribution in [0.5, 0.6) is 0 Å². The van der Waals surface area contributed by atoms with E-state index < -0.39 is 0 Å². The van der Waals surface area contributed by atoms with Crippen molar-refractivity contribution in [2.75, 3.05) is 27.7 Å². The molecule has 0 bridgehead atoms. The van der Waals surface area contributed by atoms with Gasteiger partial charge < -0.3 is 15.1 Å². The lowest BCUT2D eigenvalue weighted by molar-refractivity contribution is 0.0827. The molecule has 5 nitrogen and oxygen atoms in total. The number of nitrogens with zero attached hydrogens (tertiary/aromatic N) is 3. The molecule has 0 aliphatic carbocycles. The maximum absolute atomic E-state index is 12.0. The van der Waals surface area contributed by atoms with Crippen LogP contribution >= 0.6 is 11.6 Å². The summed E-state index contributed by atoms with van der Waals surface area (Å²) in [5, 5.41) is 4.06. The van der Waals surface area contributed by atoms with Crippen molar-refractivity contribution in [2.24, 2.45) is 4.99 Å². The second kappa shape index (κ2) is 9.97. The molecule has 0 saturated carbocycles. The largest absolute Gasteiger partial charge is 0.357 e. The molecule has 2 rings (SSSR count). The second-order valence-corrected chi connectivity index (χ2v) is 6.92. The van der Waals surface area contributed by atoms with Crippen LogP contribution in [-0.4, -0.2) is 49.4 Å². The zero-order valence-corrected chi connectivity index (χ0v) is 17.1. The number of nitrogens with one attached hydrogen (secondary N) is 1. The lowest BCUT2D eigenvalue weighted by Gasteiger charge is -2.22. The van der Waals surface area contributed by atoms with E-state index in [1.165, 1.54) is 0 Å². The monoisotopic (exact) mass is 386 g/mol. The summed E-state index contributed by atoms with van der Waals surface area (Å²) in [4.78, 5) is 20.3. The highest BCUT2D eigenvalue weighted by Gasteiger charge is 2.10. The van der Waals surface area contributed by atoms with Crippen molar-refractivity contribution in [3.05, 3.63) is 70.2 Å². The Morgan fingerprint density at radius 2 is 1.74 bits per heavy atom. The Morgan fingerprint density at radius 1 is 1.07 bits per heavy atom. The van der Waals surface area contributed by atoms with Crippen LogP contribution in [0.15, 0.2) is 53.5 Å². The first-order valence-corrected chi connectivity index (χ1v) is 9.33. The lowest BCUT2D eigenvalue weighted by atomic mass is 10.1. The van der Waals surface area contributed by atoms with Crippen molar-refractivity contribution in [2.45, 2.75) is 20.0 Å². The fourth-order valence-corrected chi connectivity index (χ4v) is 2.80. The molecule has 1 N–H and O–H groups in total. The van der Waals surface area contributed by atoms with Crippen LogP contribution in [0.1, 0.15) is 28.4 Å². The highest BCUT2D eigenvalue weighted by atomic mass is 35.5. The summed E-state index contributed by atoms with van der Waals surface area (Å²) < 4.78 is 0. The number of carbonyl (C=O) groups excluding carboxylic acids is 1. The number of hydrogen-bond donors (Lipinski definition) is 1. The summed E-state index contributed by atoms with van der Waals surface area (Å²) in [6, 6.07) is 15.4. The van der Waals surface area contributed by atoms with E-state index in [4.69, 9.17) is 16.6 Å². The molecule has 0 spiro atoms. The minimum absolute atomic E-state index is 0.00198. The molecule has 6 heteroatoms. The van der Waals surface area contributed by atoms with Gasteiger partial charge in [0, 0.05) is 44.8 Å². The fraction of sp³-hybridized carbons (Fsp3) is 0.333. The molecular formula is C21H27ClN4O. The van der Waals surface area contributed by atoms with Gasteiger partial charge in [0.15, 0.2) is 5.96 Å². The van der Waals surface area contributed by atoms with Crippen molar-refractivity contribution in [3.8, 4) is 0 Å². The zero-order valence-electron chi connectivity index (χ0n) is 16.4. The normalized spacial score (nSPS) is 11.2. The van der Waals surface area contributed by atoms with Gasteiger partial charge in [-0.3, -0.25) is 4.79 Å². The third kappa shape index (κ3) is 6.00. The van der Waals surface area contributed by atoms with Crippen molar-refractivity contribution < 1.29 is 4.79 Å². The van der Waals surface area contributed by atoms with Gasteiger partial charge in [-0.1, -0.05) is 41.9 Å². The molecule has 0 unspecified atom stereocenters. The summed E-state index contributed by atoms with van der Waals surface area (Å²) in [6.45, 7) is 4.02. The Hall–Kier alpha value is -2.53. The van der Waals surface area contributed by atoms with E-state index in [1.54, 1.807) is 19.0 Å². The van der Waals surface area contributed by atoms with E-state index in [2.05, 4.69) is 10.2 Å². The Kier molecular flexibility index (Phi) is 7.67. The average molecular weight is 387 g/mol. The molecule has 0 atom stereocenters. The Morgan fingerprint density at radius 3 is 2.33 bits per heavy atom. The smallest absolute Gasteiger partial charge is 0.253 e. The summed E-state index contributed by atoms with van der Waals surface area (Å²) in [7, 11) is 5.49. The van der Waals surface area contributed by atoms with Gasteiger partial charge in [0.25, 0.3) is 5.91 Å². The Bertz CT molecular complexity index is 787. The molecule has 0 aliphatic heterocycles. The number of rotatable bonds is 6. The van der Waals surface area contributed by atoms with E-state index in [0.29, 0.717) is 18.7 Å². The molecule has 0 radical (unpaired) electrons. The number of hydrogen-bond acceptors (Lipinski definition) is 2. The number of aliphatic imine (C=N–C) groups is 1. The molecule has 1 amide bonds. The molecule has 0 fully saturated rings. The summed E-state index contributed by atoms with van der Waals surface area (Å²) in [6.07, 6.45) is 0. The standard InChI is InChI=1S/C21H27ClN4O/c1-5-23-21(26(4)15-18-8-6-7-9-19(18)22)24-14-16-10-12-17(13-11-16)20(27)25(2)3/h6-13H,5,14-15H2,1-4H3,(H,23,24). The molecule has 0 heterocycles. The van der Waals surface area contributed by atoms with E-state index >= 15 is 0 Å².